The molecule has 0 unspecified atom stereocenters. The van der Waals surface area contributed by atoms with Gasteiger partial charge < -0.3 is 24.2 Å². The first kappa shape index (κ1) is 23.1. The Hall–Kier alpha value is -2.57. The van der Waals surface area contributed by atoms with Gasteiger partial charge in [0.1, 0.15) is 11.5 Å². The van der Waals surface area contributed by atoms with Gasteiger partial charge in [-0.05, 0) is 55.5 Å². The molecule has 0 saturated carbocycles. The van der Waals surface area contributed by atoms with Crippen molar-refractivity contribution in [3.63, 3.8) is 0 Å². The average molecular weight is 428 g/mol. The Morgan fingerprint density at radius 3 is 2.39 bits per heavy atom. The van der Waals surface area contributed by atoms with Crippen molar-refractivity contribution >= 4 is 11.0 Å². The molecule has 6 heteroatoms. The quantitative estimate of drug-likeness (QED) is 0.342. The van der Waals surface area contributed by atoms with Gasteiger partial charge in [-0.15, -0.1) is 0 Å². The van der Waals surface area contributed by atoms with Gasteiger partial charge in [-0.25, -0.2) is 0 Å². The lowest BCUT2D eigenvalue weighted by Crippen LogP contribution is -2.10. The van der Waals surface area contributed by atoms with Crippen LogP contribution in [-0.4, -0.2) is 34.9 Å². The zero-order chi connectivity index (χ0) is 22.4. The Bertz CT molecular complexity index is 986. The van der Waals surface area contributed by atoms with Gasteiger partial charge in [0.05, 0.1) is 18.9 Å². The summed E-state index contributed by atoms with van der Waals surface area (Å²) in [7, 11) is 0. The lowest BCUT2D eigenvalue weighted by Gasteiger charge is -2.15. The summed E-state index contributed by atoms with van der Waals surface area (Å²) in [6.07, 6.45) is 2.35. The minimum Gasteiger partial charge on any atom is -0.493 e. The van der Waals surface area contributed by atoms with Crippen molar-refractivity contribution in [1.29, 1.82) is 0 Å². The van der Waals surface area contributed by atoms with Crippen molar-refractivity contribution in [2.24, 2.45) is 0 Å². The van der Waals surface area contributed by atoms with Crippen LogP contribution in [0.3, 0.4) is 0 Å². The summed E-state index contributed by atoms with van der Waals surface area (Å²) >= 11 is 0. The summed E-state index contributed by atoms with van der Waals surface area (Å²) in [6.45, 7) is 9.25. The molecular formula is C25H33NO5. The van der Waals surface area contributed by atoms with Crippen LogP contribution in [-0.2, 0) is 19.3 Å². The van der Waals surface area contributed by atoms with Crippen molar-refractivity contribution in [2.45, 2.75) is 66.1 Å². The maximum atomic E-state index is 9.18. The number of fused-ring (bicyclic) bond motifs is 1. The van der Waals surface area contributed by atoms with Gasteiger partial charge in [-0.2, -0.15) is 0 Å². The number of hydrogen-bond acceptors (Lipinski definition) is 6. The molecule has 1 aromatic heterocycles. The molecule has 0 amide bonds. The smallest absolute Gasteiger partial charge is 0.174 e. The second-order valence-corrected chi connectivity index (χ2v) is 7.95. The minimum absolute atomic E-state index is 0.213. The molecule has 168 valence electrons. The van der Waals surface area contributed by atoms with Crippen molar-refractivity contribution in [1.82, 2.24) is 5.16 Å². The molecule has 0 radical (unpaired) electrons. The van der Waals surface area contributed by atoms with E-state index >= 15 is 0 Å². The maximum Gasteiger partial charge on any atom is 0.174 e. The van der Waals surface area contributed by atoms with Crippen LogP contribution in [0.5, 0.6) is 11.5 Å². The molecule has 0 spiro atoms. The predicted octanol–water partition coefficient (Wildman–Crippen LogP) is 4.66. The number of nitrogens with zero attached hydrogens (tertiary/aromatic N) is 1. The van der Waals surface area contributed by atoms with Crippen LogP contribution in [0, 0.1) is 13.8 Å². The summed E-state index contributed by atoms with van der Waals surface area (Å²) in [5.74, 6) is 1.70. The fraction of sp³-hybridized carbons (Fsp3) is 0.480. The maximum absolute atomic E-state index is 9.18. The summed E-state index contributed by atoms with van der Waals surface area (Å²) in [4.78, 5) is 0. The van der Waals surface area contributed by atoms with Crippen LogP contribution in [0.2, 0.25) is 0 Å². The molecule has 0 aliphatic carbocycles. The molecule has 0 saturated heterocycles. The van der Waals surface area contributed by atoms with E-state index in [1.807, 2.05) is 38.1 Å². The third-order valence-electron chi connectivity index (χ3n) is 5.34. The SMILES string of the molecule is CCCc1c(OCCCOc2c(C)cc(CC(O)O)cc2C)ccc2c(CC)noc12. The van der Waals surface area contributed by atoms with Gasteiger partial charge in [0, 0.05) is 23.8 Å². The molecule has 0 fully saturated rings. The fourth-order valence-electron chi connectivity index (χ4n) is 3.98. The Labute approximate surface area is 183 Å². The van der Waals surface area contributed by atoms with Gasteiger partial charge in [-0.1, -0.05) is 37.6 Å². The van der Waals surface area contributed by atoms with Gasteiger partial charge in [-0.3, -0.25) is 0 Å². The number of hydrogen-bond donors (Lipinski definition) is 2. The van der Waals surface area contributed by atoms with E-state index in [4.69, 9.17) is 14.0 Å². The number of aliphatic hydroxyl groups is 2. The lowest BCUT2D eigenvalue weighted by molar-refractivity contribution is -0.0381. The number of ether oxygens (including phenoxy) is 2. The number of aromatic nitrogens is 1. The number of aliphatic hydroxyl groups excluding tert-OH is 1. The molecule has 0 atom stereocenters. The standard InChI is InChI=1S/C25H33NO5/c1-5-8-20-22(10-9-19-21(6-2)26-31-25(19)20)29-11-7-12-30-24-16(3)13-18(14-17(24)4)15-23(27)28/h9-10,13-14,23,27-28H,5-8,11-12,15H2,1-4H3. The lowest BCUT2D eigenvalue weighted by atomic mass is 10.0. The second-order valence-electron chi connectivity index (χ2n) is 7.95. The first-order chi connectivity index (χ1) is 14.9. The third kappa shape index (κ3) is 5.57. The van der Waals surface area contributed by atoms with E-state index in [2.05, 4.69) is 19.0 Å². The van der Waals surface area contributed by atoms with Crippen LogP contribution in [0.25, 0.3) is 11.0 Å². The van der Waals surface area contributed by atoms with Gasteiger partial charge in [0.15, 0.2) is 11.9 Å². The Kier molecular flexibility index (Phi) is 7.93. The van der Waals surface area contributed by atoms with E-state index in [1.165, 1.54) is 0 Å². The largest absolute Gasteiger partial charge is 0.493 e. The van der Waals surface area contributed by atoms with Gasteiger partial charge in [0.2, 0.25) is 0 Å². The number of aryl methyl sites for hydroxylation is 4. The van der Waals surface area contributed by atoms with Crippen molar-refractivity contribution in [3.05, 3.63) is 52.2 Å². The highest BCUT2D eigenvalue weighted by Crippen LogP contribution is 2.32. The summed E-state index contributed by atoms with van der Waals surface area (Å²) < 4.78 is 17.7. The molecule has 0 aliphatic heterocycles. The van der Waals surface area contributed by atoms with E-state index in [0.29, 0.717) is 13.2 Å². The van der Waals surface area contributed by atoms with E-state index in [1.54, 1.807) is 0 Å². The van der Waals surface area contributed by atoms with Crippen LogP contribution >= 0.6 is 0 Å². The number of benzene rings is 2. The first-order valence-corrected chi connectivity index (χ1v) is 11.1. The topological polar surface area (TPSA) is 85.0 Å². The van der Waals surface area contributed by atoms with Crippen molar-refractivity contribution in [2.75, 3.05) is 13.2 Å². The molecule has 31 heavy (non-hydrogen) atoms. The van der Waals surface area contributed by atoms with E-state index in [9.17, 15) is 10.2 Å². The van der Waals surface area contributed by atoms with Crippen molar-refractivity contribution < 1.29 is 24.2 Å². The Balaban J connectivity index is 1.59. The normalized spacial score (nSPS) is 11.5. The highest BCUT2D eigenvalue weighted by Gasteiger charge is 2.15. The summed E-state index contributed by atoms with van der Waals surface area (Å²) in [5.41, 5.74) is 5.78. The average Bonchev–Trinajstić information content (AvgIpc) is 3.13. The molecule has 6 nitrogen and oxygen atoms in total. The van der Waals surface area contributed by atoms with E-state index in [-0.39, 0.29) is 6.42 Å². The molecule has 0 aliphatic rings. The molecule has 2 aromatic carbocycles. The van der Waals surface area contributed by atoms with Crippen LogP contribution < -0.4 is 9.47 Å². The molecule has 3 aromatic rings. The monoisotopic (exact) mass is 427 g/mol. The highest BCUT2D eigenvalue weighted by atomic mass is 16.5. The Morgan fingerprint density at radius 1 is 1.03 bits per heavy atom. The second kappa shape index (κ2) is 10.6. The minimum atomic E-state index is -1.34. The number of rotatable bonds is 11. The summed E-state index contributed by atoms with van der Waals surface area (Å²) in [6, 6.07) is 7.93. The van der Waals surface area contributed by atoms with Gasteiger partial charge in [0.25, 0.3) is 0 Å². The zero-order valence-corrected chi connectivity index (χ0v) is 18.9. The first-order valence-electron chi connectivity index (χ1n) is 11.1. The molecule has 1 heterocycles. The van der Waals surface area contributed by atoms with E-state index in [0.717, 1.165) is 76.1 Å². The van der Waals surface area contributed by atoms with Crippen molar-refractivity contribution in [3.8, 4) is 11.5 Å². The molecular weight excluding hydrogens is 394 g/mol. The molecule has 0 bridgehead atoms. The summed E-state index contributed by atoms with van der Waals surface area (Å²) in [5, 5.41) is 23.6. The zero-order valence-electron chi connectivity index (χ0n) is 18.9. The highest BCUT2D eigenvalue weighted by molar-refractivity contribution is 5.84. The molecule has 2 N–H and O–H groups in total. The van der Waals surface area contributed by atoms with E-state index < -0.39 is 6.29 Å². The van der Waals surface area contributed by atoms with Gasteiger partial charge >= 0.3 is 0 Å². The predicted molar refractivity (Wildman–Crippen MR) is 121 cm³/mol. The van der Waals surface area contributed by atoms with Crippen LogP contribution in [0.1, 0.15) is 54.6 Å². The van der Waals surface area contributed by atoms with Crippen LogP contribution in [0.15, 0.2) is 28.8 Å². The third-order valence-corrected chi connectivity index (χ3v) is 5.34. The Morgan fingerprint density at radius 2 is 1.74 bits per heavy atom. The van der Waals surface area contributed by atoms with Crippen LogP contribution in [0.4, 0.5) is 0 Å². The fourth-order valence-corrected chi connectivity index (χ4v) is 3.98. The molecule has 3 rings (SSSR count).